The van der Waals surface area contributed by atoms with Crippen molar-refractivity contribution in [1.82, 2.24) is 9.97 Å². The van der Waals surface area contributed by atoms with Crippen molar-refractivity contribution in [3.8, 4) is 0 Å². The molecule has 0 saturated heterocycles. The molecule has 0 amide bonds. The van der Waals surface area contributed by atoms with Crippen LogP contribution in [-0.4, -0.2) is 9.97 Å². The number of nitrogens with one attached hydrogen (secondary N) is 1. The third-order valence-corrected chi connectivity index (χ3v) is 4.76. The average molecular weight is 376 g/mol. The second kappa shape index (κ2) is 5.81. The van der Waals surface area contributed by atoms with E-state index in [-0.39, 0.29) is 0 Å². The smallest absolute Gasteiger partial charge is 0.238 e. The van der Waals surface area contributed by atoms with Gasteiger partial charge in [-0.2, -0.15) is 0 Å². The van der Waals surface area contributed by atoms with Gasteiger partial charge in [0.2, 0.25) is 5.95 Å². The van der Waals surface area contributed by atoms with Crippen LogP contribution in [0.15, 0.2) is 49.3 Å². The molecular weight excluding hydrogens is 368 g/mol. The van der Waals surface area contributed by atoms with Gasteiger partial charge in [-0.3, -0.25) is 5.43 Å². The summed E-state index contributed by atoms with van der Waals surface area (Å²) in [7, 11) is 0. The van der Waals surface area contributed by atoms with Gasteiger partial charge in [-0.25, -0.2) is 15.8 Å². The molecule has 2 rings (SSSR count). The van der Waals surface area contributed by atoms with Gasteiger partial charge >= 0.3 is 0 Å². The number of nitrogen functional groups attached to an aromatic ring is 1. The van der Waals surface area contributed by atoms with E-state index in [0.717, 1.165) is 18.9 Å². The fourth-order valence-electron chi connectivity index (χ4n) is 1.12. The van der Waals surface area contributed by atoms with Gasteiger partial charge in [0.25, 0.3) is 0 Å². The van der Waals surface area contributed by atoms with E-state index in [0.29, 0.717) is 5.95 Å². The average Bonchev–Trinajstić information content (AvgIpc) is 2.35. The lowest BCUT2D eigenvalue weighted by molar-refractivity contribution is 1.01. The Hall–Kier alpha value is -0.630. The fourth-order valence-corrected chi connectivity index (χ4v) is 2.89. The van der Waals surface area contributed by atoms with Crippen LogP contribution in [0.5, 0.6) is 0 Å². The van der Waals surface area contributed by atoms with Crippen LogP contribution in [0.2, 0.25) is 0 Å². The molecule has 4 nitrogen and oxygen atoms in total. The molecular formula is C10H8Br2N4S. The van der Waals surface area contributed by atoms with Crippen LogP contribution in [-0.2, 0) is 0 Å². The van der Waals surface area contributed by atoms with E-state index in [1.54, 1.807) is 6.20 Å². The van der Waals surface area contributed by atoms with Crippen molar-refractivity contribution in [3.05, 3.63) is 39.4 Å². The first kappa shape index (κ1) is 12.8. The molecule has 1 aromatic carbocycles. The minimum absolute atomic E-state index is 0.391. The van der Waals surface area contributed by atoms with Gasteiger partial charge in [-0.15, -0.1) is 0 Å². The number of nitrogens with two attached hydrogens (primary N) is 1. The first-order valence-electron chi connectivity index (χ1n) is 4.62. The molecule has 1 aromatic heterocycles. The Morgan fingerprint density at radius 3 is 2.65 bits per heavy atom. The monoisotopic (exact) mass is 374 g/mol. The van der Waals surface area contributed by atoms with Gasteiger partial charge in [0.1, 0.15) is 5.03 Å². The Bertz CT molecular complexity index is 535. The highest BCUT2D eigenvalue weighted by atomic mass is 79.9. The molecule has 88 valence electrons. The maximum absolute atomic E-state index is 5.28. The maximum Gasteiger partial charge on any atom is 0.238 e. The van der Waals surface area contributed by atoms with E-state index in [4.69, 9.17) is 5.84 Å². The van der Waals surface area contributed by atoms with Crippen LogP contribution in [0.1, 0.15) is 0 Å². The summed E-state index contributed by atoms with van der Waals surface area (Å²) in [5.41, 5.74) is 2.43. The summed E-state index contributed by atoms with van der Waals surface area (Å²) in [6.07, 6.45) is 1.67. The SMILES string of the molecule is NNc1ncc(Br)c(Sc2ccccc2Br)n1. The number of aromatic nitrogens is 2. The van der Waals surface area contributed by atoms with Crippen LogP contribution in [0.4, 0.5) is 5.95 Å². The van der Waals surface area contributed by atoms with Crippen LogP contribution < -0.4 is 11.3 Å². The zero-order valence-electron chi connectivity index (χ0n) is 8.52. The topological polar surface area (TPSA) is 63.8 Å². The molecule has 0 spiro atoms. The molecule has 0 saturated carbocycles. The maximum atomic E-state index is 5.28. The molecule has 2 aromatic rings. The predicted octanol–water partition coefficient (Wildman–Crippen LogP) is 3.44. The van der Waals surface area contributed by atoms with Crippen LogP contribution in [0, 0.1) is 0 Å². The third-order valence-electron chi connectivity index (χ3n) is 1.88. The van der Waals surface area contributed by atoms with Crippen LogP contribution >= 0.6 is 43.6 Å². The minimum atomic E-state index is 0.391. The Balaban J connectivity index is 2.32. The van der Waals surface area contributed by atoms with Crippen molar-refractivity contribution >= 4 is 49.6 Å². The zero-order valence-corrected chi connectivity index (χ0v) is 12.5. The van der Waals surface area contributed by atoms with Crippen molar-refractivity contribution in [2.75, 3.05) is 5.43 Å². The molecule has 0 radical (unpaired) electrons. The summed E-state index contributed by atoms with van der Waals surface area (Å²) in [6, 6.07) is 7.94. The van der Waals surface area contributed by atoms with Crippen molar-refractivity contribution in [2.24, 2.45) is 5.84 Å². The summed E-state index contributed by atoms with van der Waals surface area (Å²) in [4.78, 5) is 9.36. The summed E-state index contributed by atoms with van der Waals surface area (Å²) in [5, 5.41) is 0.805. The van der Waals surface area contributed by atoms with E-state index >= 15 is 0 Å². The standard InChI is InChI=1S/C10H8Br2N4S/c11-6-3-1-2-4-8(6)17-9-7(12)5-14-10(15-9)16-13/h1-5H,13H2,(H,14,15,16). The molecule has 0 bridgehead atoms. The second-order valence-electron chi connectivity index (χ2n) is 3.02. The first-order valence-corrected chi connectivity index (χ1v) is 7.02. The van der Waals surface area contributed by atoms with E-state index < -0.39 is 0 Å². The molecule has 0 aliphatic heterocycles. The molecule has 0 aliphatic rings. The number of hydrogen-bond acceptors (Lipinski definition) is 5. The van der Waals surface area contributed by atoms with E-state index in [1.807, 2.05) is 24.3 Å². The minimum Gasteiger partial charge on any atom is -0.292 e. The molecule has 17 heavy (non-hydrogen) atoms. The highest BCUT2D eigenvalue weighted by molar-refractivity contribution is 9.11. The Kier molecular flexibility index (Phi) is 4.38. The molecule has 0 fully saturated rings. The summed E-state index contributed by atoms with van der Waals surface area (Å²) in [6.45, 7) is 0. The van der Waals surface area contributed by atoms with E-state index in [1.165, 1.54) is 11.8 Å². The van der Waals surface area contributed by atoms with Crippen molar-refractivity contribution < 1.29 is 0 Å². The molecule has 7 heteroatoms. The number of benzene rings is 1. The molecule has 3 N–H and O–H groups in total. The normalized spacial score (nSPS) is 10.3. The molecule has 0 atom stereocenters. The Morgan fingerprint density at radius 1 is 1.18 bits per heavy atom. The summed E-state index contributed by atoms with van der Waals surface area (Å²) >= 11 is 8.44. The van der Waals surface area contributed by atoms with Gasteiger partial charge in [0, 0.05) is 15.6 Å². The van der Waals surface area contributed by atoms with Crippen LogP contribution in [0.3, 0.4) is 0 Å². The van der Waals surface area contributed by atoms with Gasteiger partial charge < -0.3 is 0 Å². The van der Waals surface area contributed by atoms with Gasteiger partial charge in [-0.1, -0.05) is 23.9 Å². The second-order valence-corrected chi connectivity index (χ2v) is 5.76. The number of hydrogen-bond donors (Lipinski definition) is 2. The number of anilines is 1. The Morgan fingerprint density at radius 2 is 1.94 bits per heavy atom. The highest BCUT2D eigenvalue weighted by Crippen LogP contribution is 2.35. The highest BCUT2D eigenvalue weighted by Gasteiger charge is 2.08. The summed E-state index contributed by atoms with van der Waals surface area (Å²) in [5.74, 6) is 5.67. The van der Waals surface area contributed by atoms with Crippen molar-refractivity contribution in [3.63, 3.8) is 0 Å². The van der Waals surface area contributed by atoms with E-state index in [9.17, 15) is 0 Å². The van der Waals surface area contributed by atoms with Gasteiger partial charge in [0.05, 0.1) is 4.47 Å². The molecule has 0 unspecified atom stereocenters. The fraction of sp³-hybridized carbons (Fsp3) is 0. The lowest BCUT2D eigenvalue weighted by Gasteiger charge is -2.06. The lowest BCUT2D eigenvalue weighted by atomic mass is 10.4. The molecule has 1 heterocycles. The largest absolute Gasteiger partial charge is 0.292 e. The molecule has 0 aliphatic carbocycles. The number of rotatable bonds is 3. The lowest BCUT2D eigenvalue weighted by Crippen LogP contribution is -2.10. The zero-order chi connectivity index (χ0) is 12.3. The van der Waals surface area contributed by atoms with Crippen molar-refractivity contribution in [2.45, 2.75) is 9.92 Å². The quantitative estimate of drug-likeness (QED) is 0.488. The van der Waals surface area contributed by atoms with Crippen molar-refractivity contribution in [1.29, 1.82) is 0 Å². The predicted molar refractivity (Wildman–Crippen MR) is 75.8 cm³/mol. The third kappa shape index (κ3) is 3.19. The first-order chi connectivity index (χ1) is 8.20. The van der Waals surface area contributed by atoms with Gasteiger partial charge in [0.15, 0.2) is 0 Å². The summed E-state index contributed by atoms with van der Waals surface area (Å²) < 4.78 is 1.86. The van der Waals surface area contributed by atoms with Gasteiger partial charge in [-0.05, 0) is 44.0 Å². The number of halogens is 2. The number of nitrogens with zero attached hydrogens (tertiary/aromatic N) is 2. The Labute approximate surface area is 120 Å². The van der Waals surface area contributed by atoms with Crippen LogP contribution in [0.25, 0.3) is 0 Å². The number of hydrazine groups is 1. The van der Waals surface area contributed by atoms with E-state index in [2.05, 4.69) is 47.3 Å².